The Labute approximate surface area is 157 Å². The van der Waals surface area contributed by atoms with Gasteiger partial charge >= 0.3 is 0 Å². The lowest BCUT2D eigenvalue weighted by atomic mass is 10.0. The van der Waals surface area contributed by atoms with Crippen molar-refractivity contribution < 1.29 is 14.3 Å². The molecule has 3 rings (SSSR count). The lowest BCUT2D eigenvalue weighted by Crippen LogP contribution is -2.29. The van der Waals surface area contributed by atoms with Crippen LogP contribution in [0.3, 0.4) is 0 Å². The van der Waals surface area contributed by atoms with Gasteiger partial charge in [0.25, 0.3) is 0 Å². The number of carbonyl (C=O) groups is 2. The normalized spacial score (nSPS) is 16.1. The van der Waals surface area contributed by atoms with Gasteiger partial charge in [-0.3, -0.25) is 9.59 Å². The zero-order chi connectivity index (χ0) is 19.1. The van der Waals surface area contributed by atoms with Crippen molar-refractivity contribution in [1.29, 1.82) is 0 Å². The third-order valence-electron chi connectivity index (χ3n) is 4.08. The van der Waals surface area contributed by atoms with Crippen molar-refractivity contribution in [3.05, 3.63) is 65.7 Å². The number of nitrogens with zero attached hydrogens (tertiary/aromatic N) is 2. The van der Waals surface area contributed by atoms with E-state index in [1.54, 1.807) is 6.92 Å². The lowest BCUT2D eigenvalue weighted by molar-refractivity contribution is -0.127. The summed E-state index contributed by atoms with van der Waals surface area (Å²) in [5.74, 6) is -0.383. The van der Waals surface area contributed by atoms with Crippen molar-refractivity contribution in [3.63, 3.8) is 0 Å². The van der Waals surface area contributed by atoms with Crippen LogP contribution in [-0.2, 0) is 16.2 Å². The maximum absolute atomic E-state index is 11.9. The first-order valence-electron chi connectivity index (χ1n) is 8.54. The molecule has 0 fully saturated rings. The molecule has 1 atom stereocenters. The summed E-state index contributed by atoms with van der Waals surface area (Å²) in [6, 6.07) is 17.3. The number of carbonyl (C=O) groups excluding carboxylic acids is 2. The van der Waals surface area contributed by atoms with Crippen molar-refractivity contribution >= 4 is 23.7 Å². The van der Waals surface area contributed by atoms with Gasteiger partial charge in [-0.2, -0.15) is 10.2 Å². The molecule has 0 aliphatic carbocycles. The Morgan fingerprint density at radius 1 is 1.22 bits per heavy atom. The topological polar surface area (TPSA) is 92.2 Å². The summed E-state index contributed by atoms with van der Waals surface area (Å²) in [4.78, 5) is 23.4. The molecule has 27 heavy (non-hydrogen) atoms. The molecule has 2 N–H and O–H groups in total. The second-order valence-corrected chi connectivity index (χ2v) is 6.12. The molecule has 0 saturated carbocycles. The Kier molecular flexibility index (Phi) is 5.94. The predicted molar refractivity (Wildman–Crippen MR) is 102 cm³/mol. The summed E-state index contributed by atoms with van der Waals surface area (Å²) in [7, 11) is 0. The molecule has 1 unspecified atom stereocenters. The van der Waals surface area contributed by atoms with Crippen molar-refractivity contribution in [2.45, 2.75) is 20.0 Å². The number of rotatable bonds is 7. The molecule has 2 aromatic carbocycles. The molecule has 138 valence electrons. The smallest absolute Gasteiger partial charge is 0.249 e. The van der Waals surface area contributed by atoms with Gasteiger partial charge in [0.15, 0.2) is 0 Å². The first-order valence-corrected chi connectivity index (χ1v) is 8.54. The third kappa shape index (κ3) is 5.24. The van der Waals surface area contributed by atoms with Gasteiger partial charge < -0.3 is 4.74 Å². The van der Waals surface area contributed by atoms with Gasteiger partial charge in [-0.15, -0.1) is 0 Å². The summed E-state index contributed by atoms with van der Waals surface area (Å²) < 4.78 is 5.72. The lowest BCUT2D eigenvalue weighted by Gasteiger charge is -2.06. The van der Waals surface area contributed by atoms with Gasteiger partial charge in [-0.25, -0.2) is 10.9 Å². The van der Waals surface area contributed by atoms with Gasteiger partial charge in [0.1, 0.15) is 12.4 Å². The van der Waals surface area contributed by atoms with E-state index in [2.05, 4.69) is 21.1 Å². The van der Waals surface area contributed by atoms with Crippen molar-refractivity contribution in [3.8, 4) is 5.75 Å². The summed E-state index contributed by atoms with van der Waals surface area (Å²) in [5, 5.41) is 7.73. The average Bonchev–Trinajstić information content (AvgIpc) is 3.00. The van der Waals surface area contributed by atoms with E-state index in [1.807, 2.05) is 54.6 Å². The molecule has 7 nitrogen and oxygen atoms in total. The van der Waals surface area contributed by atoms with Crippen molar-refractivity contribution in [2.75, 3.05) is 0 Å². The monoisotopic (exact) mass is 364 g/mol. The van der Waals surface area contributed by atoms with Gasteiger partial charge in [0.2, 0.25) is 11.8 Å². The Morgan fingerprint density at radius 3 is 2.63 bits per heavy atom. The van der Waals surface area contributed by atoms with E-state index >= 15 is 0 Å². The number of hydrogen-bond acceptors (Lipinski definition) is 5. The predicted octanol–water partition coefficient (Wildman–Crippen LogP) is 2.23. The Bertz CT molecular complexity index is 861. The highest BCUT2D eigenvalue weighted by Gasteiger charge is 2.28. The fraction of sp³-hybridized carbons (Fsp3) is 0.200. The summed E-state index contributed by atoms with van der Waals surface area (Å²) in [6.07, 6.45) is 1.55. The van der Waals surface area contributed by atoms with Crippen LogP contribution in [0.25, 0.3) is 0 Å². The molecule has 0 bridgehead atoms. The Morgan fingerprint density at radius 2 is 1.96 bits per heavy atom. The van der Waals surface area contributed by atoms with Gasteiger partial charge in [-0.1, -0.05) is 30.3 Å². The van der Waals surface area contributed by atoms with Crippen molar-refractivity contribution in [2.24, 2.45) is 16.1 Å². The number of ether oxygens (including phenoxy) is 1. The average molecular weight is 364 g/mol. The molecule has 2 amide bonds. The van der Waals surface area contributed by atoms with Crippen LogP contribution in [0, 0.1) is 5.92 Å². The number of amides is 2. The number of benzene rings is 2. The number of hydrazone groups is 2. The second-order valence-electron chi connectivity index (χ2n) is 6.12. The fourth-order valence-electron chi connectivity index (χ4n) is 2.53. The summed E-state index contributed by atoms with van der Waals surface area (Å²) >= 11 is 0. The Hall–Kier alpha value is -3.48. The van der Waals surface area contributed by atoms with Crippen LogP contribution in [0.5, 0.6) is 5.75 Å². The highest BCUT2D eigenvalue weighted by molar-refractivity contribution is 6.09. The molecule has 2 aromatic rings. The first-order chi connectivity index (χ1) is 13.1. The largest absolute Gasteiger partial charge is 0.489 e. The minimum absolute atomic E-state index is 0.0186. The van der Waals surface area contributed by atoms with Crippen LogP contribution in [0.2, 0.25) is 0 Å². The van der Waals surface area contributed by atoms with Crippen LogP contribution in [0.1, 0.15) is 24.5 Å². The molecule has 0 aromatic heterocycles. The van der Waals surface area contributed by atoms with Crippen LogP contribution in [-0.4, -0.2) is 23.7 Å². The maximum Gasteiger partial charge on any atom is 0.249 e. The first kappa shape index (κ1) is 18.3. The van der Waals surface area contributed by atoms with E-state index in [0.717, 1.165) is 16.9 Å². The third-order valence-corrected chi connectivity index (χ3v) is 4.08. The van der Waals surface area contributed by atoms with Crippen LogP contribution in [0.4, 0.5) is 0 Å². The molecule has 1 aliphatic rings. The maximum atomic E-state index is 11.9. The highest BCUT2D eigenvalue weighted by Crippen LogP contribution is 2.14. The van der Waals surface area contributed by atoms with Gasteiger partial charge in [-0.05, 0) is 42.3 Å². The van der Waals surface area contributed by atoms with E-state index in [9.17, 15) is 9.59 Å². The Balaban J connectivity index is 1.45. The van der Waals surface area contributed by atoms with E-state index in [4.69, 9.17) is 4.74 Å². The number of nitrogens with one attached hydrogen (secondary N) is 2. The summed E-state index contributed by atoms with van der Waals surface area (Å²) in [5.41, 5.74) is 7.30. The second kappa shape index (κ2) is 8.75. The fourth-order valence-corrected chi connectivity index (χ4v) is 2.53. The van der Waals surface area contributed by atoms with E-state index in [0.29, 0.717) is 12.3 Å². The van der Waals surface area contributed by atoms with Gasteiger partial charge in [0, 0.05) is 12.1 Å². The quantitative estimate of drug-likeness (QED) is 0.583. The molecule has 0 saturated heterocycles. The van der Waals surface area contributed by atoms with E-state index in [-0.39, 0.29) is 18.2 Å². The molecular formula is C20H20N4O3. The van der Waals surface area contributed by atoms with Crippen LogP contribution in [0.15, 0.2) is 64.8 Å². The minimum atomic E-state index is -0.527. The number of hydrogen-bond donors (Lipinski definition) is 2. The zero-order valence-corrected chi connectivity index (χ0v) is 14.9. The molecule has 0 radical (unpaired) electrons. The SMILES string of the molecule is CC1=NNC(=O)C1CC(=O)N/N=C/c1ccc(OCc2ccccc2)cc1. The minimum Gasteiger partial charge on any atom is -0.489 e. The highest BCUT2D eigenvalue weighted by atomic mass is 16.5. The van der Waals surface area contributed by atoms with Gasteiger partial charge in [0.05, 0.1) is 12.1 Å². The summed E-state index contributed by atoms with van der Waals surface area (Å²) in [6.45, 7) is 2.21. The molecule has 1 aliphatic heterocycles. The molecule has 7 heteroatoms. The van der Waals surface area contributed by atoms with Crippen LogP contribution < -0.4 is 15.6 Å². The van der Waals surface area contributed by atoms with Crippen molar-refractivity contribution in [1.82, 2.24) is 10.9 Å². The molecular weight excluding hydrogens is 344 g/mol. The molecule has 1 heterocycles. The standard InChI is InChI=1S/C20H20N4O3/c1-14-18(20(26)24-22-14)11-19(25)23-21-12-15-7-9-17(10-8-15)27-13-16-5-3-2-4-6-16/h2-10,12,18H,11,13H2,1H3,(H,23,25)(H,24,26)/b21-12+. The zero-order valence-electron chi connectivity index (χ0n) is 14.9. The van der Waals surface area contributed by atoms with E-state index < -0.39 is 5.92 Å². The van der Waals surface area contributed by atoms with Crippen LogP contribution >= 0.6 is 0 Å². The van der Waals surface area contributed by atoms with E-state index in [1.165, 1.54) is 6.21 Å². The molecule has 0 spiro atoms.